The molecule has 0 fully saturated rings. The van der Waals surface area contributed by atoms with Crippen molar-refractivity contribution >= 4 is 33.1 Å². The maximum Gasteiger partial charge on any atom is 0.261 e. The Morgan fingerprint density at radius 1 is 1.28 bits per heavy atom. The molecule has 0 spiro atoms. The van der Waals surface area contributed by atoms with Crippen LogP contribution in [0.3, 0.4) is 0 Å². The van der Waals surface area contributed by atoms with Gasteiger partial charge < -0.3 is 5.32 Å². The van der Waals surface area contributed by atoms with Crippen molar-refractivity contribution in [2.75, 3.05) is 6.54 Å². The van der Waals surface area contributed by atoms with Crippen molar-refractivity contribution in [1.82, 2.24) is 5.32 Å². The van der Waals surface area contributed by atoms with Crippen LogP contribution in [0.2, 0.25) is 0 Å². The van der Waals surface area contributed by atoms with Gasteiger partial charge in [0.05, 0.1) is 11.4 Å². The third kappa shape index (κ3) is 2.76. The van der Waals surface area contributed by atoms with Gasteiger partial charge in [-0.3, -0.25) is 9.59 Å². The summed E-state index contributed by atoms with van der Waals surface area (Å²) in [5.41, 5.74) is 0. The van der Waals surface area contributed by atoms with Gasteiger partial charge in [-0.1, -0.05) is 32.0 Å². The first-order valence-corrected chi connectivity index (χ1v) is 6.69. The Kier molecular flexibility index (Phi) is 3.77. The summed E-state index contributed by atoms with van der Waals surface area (Å²) in [5, 5.41) is 3.72. The minimum absolute atomic E-state index is 0.0458. The fourth-order valence-corrected chi connectivity index (χ4v) is 2.53. The summed E-state index contributed by atoms with van der Waals surface area (Å²) in [4.78, 5) is 24.0. The number of thiophene rings is 1. The van der Waals surface area contributed by atoms with Crippen molar-refractivity contribution < 1.29 is 9.59 Å². The van der Waals surface area contributed by atoms with Gasteiger partial charge in [0, 0.05) is 10.6 Å². The molecule has 0 saturated heterocycles. The quantitative estimate of drug-likeness (QED) is 0.920. The first-order valence-electron chi connectivity index (χ1n) is 5.87. The number of hydrogen-bond donors (Lipinski definition) is 1. The van der Waals surface area contributed by atoms with E-state index in [0.29, 0.717) is 4.88 Å². The van der Waals surface area contributed by atoms with Crippen LogP contribution in [0.25, 0.3) is 10.1 Å². The summed E-state index contributed by atoms with van der Waals surface area (Å²) in [6.07, 6.45) is 0. The molecule has 1 aromatic carbocycles. The highest BCUT2D eigenvalue weighted by Gasteiger charge is 2.12. The fraction of sp³-hybridized carbons (Fsp3) is 0.286. The van der Waals surface area contributed by atoms with Crippen LogP contribution in [0.15, 0.2) is 30.3 Å². The van der Waals surface area contributed by atoms with E-state index < -0.39 is 0 Å². The van der Waals surface area contributed by atoms with Crippen LogP contribution in [-0.4, -0.2) is 18.2 Å². The molecular formula is C14H15NO2S. The average Bonchev–Trinajstić information content (AvgIpc) is 2.79. The molecule has 1 amide bonds. The van der Waals surface area contributed by atoms with E-state index in [1.54, 1.807) is 0 Å². The molecule has 1 heterocycles. The van der Waals surface area contributed by atoms with Crippen molar-refractivity contribution in [3.05, 3.63) is 35.2 Å². The first-order chi connectivity index (χ1) is 8.58. The second-order valence-corrected chi connectivity index (χ2v) is 5.54. The molecule has 0 atom stereocenters. The molecule has 0 radical (unpaired) electrons. The SMILES string of the molecule is CC(C)C(=O)CNC(=O)c1cc2ccccc2s1. The molecule has 0 aliphatic heterocycles. The van der Waals surface area contributed by atoms with Gasteiger partial charge in [0.15, 0.2) is 5.78 Å². The maximum atomic E-state index is 11.9. The number of nitrogens with one attached hydrogen (secondary N) is 1. The summed E-state index contributed by atoms with van der Waals surface area (Å²) in [6.45, 7) is 3.76. The Morgan fingerprint density at radius 2 is 2.00 bits per heavy atom. The molecule has 0 unspecified atom stereocenters. The lowest BCUT2D eigenvalue weighted by atomic mass is 10.1. The van der Waals surface area contributed by atoms with Crippen molar-refractivity contribution in [1.29, 1.82) is 0 Å². The Hall–Kier alpha value is -1.68. The number of ketones is 1. The zero-order chi connectivity index (χ0) is 13.1. The molecule has 18 heavy (non-hydrogen) atoms. The monoisotopic (exact) mass is 261 g/mol. The Bertz CT molecular complexity index is 553. The zero-order valence-corrected chi connectivity index (χ0v) is 11.2. The van der Waals surface area contributed by atoms with E-state index in [1.807, 2.05) is 44.2 Å². The average molecular weight is 261 g/mol. The lowest BCUT2D eigenvalue weighted by molar-refractivity contribution is -0.120. The number of benzene rings is 1. The smallest absolute Gasteiger partial charge is 0.261 e. The Morgan fingerprint density at radius 3 is 2.67 bits per heavy atom. The number of Topliss-reactive ketones (excluding diaryl/α,β-unsaturated/α-hetero) is 1. The van der Waals surface area contributed by atoms with Crippen molar-refractivity contribution in [3.63, 3.8) is 0 Å². The minimum atomic E-state index is -0.176. The summed E-state index contributed by atoms with van der Waals surface area (Å²) in [5.74, 6) is -0.178. The van der Waals surface area contributed by atoms with E-state index in [4.69, 9.17) is 0 Å². The van der Waals surface area contributed by atoms with Crippen LogP contribution in [0, 0.1) is 5.92 Å². The number of fused-ring (bicyclic) bond motifs is 1. The van der Waals surface area contributed by atoms with Crippen LogP contribution < -0.4 is 5.32 Å². The molecule has 4 heteroatoms. The largest absolute Gasteiger partial charge is 0.344 e. The molecule has 2 aromatic rings. The minimum Gasteiger partial charge on any atom is -0.344 e. The van der Waals surface area contributed by atoms with Crippen LogP contribution in [0.1, 0.15) is 23.5 Å². The van der Waals surface area contributed by atoms with Gasteiger partial charge in [-0.25, -0.2) is 0 Å². The highest BCUT2D eigenvalue weighted by Crippen LogP contribution is 2.24. The predicted octanol–water partition coefficient (Wildman–Crippen LogP) is 2.86. The van der Waals surface area contributed by atoms with Gasteiger partial charge in [0.1, 0.15) is 0 Å². The maximum absolute atomic E-state index is 11.9. The van der Waals surface area contributed by atoms with E-state index >= 15 is 0 Å². The summed E-state index contributed by atoms with van der Waals surface area (Å²) >= 11 is 1.44. The van der Waals surface area contributed by atoms with Crippen molar-refractivity contribution in [3.8, 4) is 0 Å². The number of carbonyl (C=O) groups excluding carboxylic acids is 2. The first kappa shape index (κ1) is 12.8. The van der Waals surface area contributed by atoms with E-state index in [-0.39, 0.29) is 24.2 Å². The molecule has 1 N–H and O–H groups in total. The van der Waals surface area contributed by atoms with Gasteiger partial charge in [-0.05, 0) is 17.5 Å². The molecule has 94 valence electrons. The van der Waals surface area contributed by atoms with E-state index in [0.717, 1.165) is 10.1 Å². The highest BCUT2D eigenvalue weighted by atomic mass is 32.1. The molecule has 0 aliphatic rings. The second kappa shape index (κ2) is 5.31. The Labute approximate surface area is 110 Å². The van der Waals surface area contributed by atoms with E-state index in [9.17, 15) is 9.59 Å². The lowest BCUT2D eigenvalue weighted by Crippen LogP contribution is -2.31. The normalized spacial score (nSPS) is 10.8. The van der Waals surface area contributed by atoms with E-state index in [2.05, 4.69) is 5.32 Å². The lowest BCUT2D eigenvalue weighted by Gasteiger charge is -2.04. The molecule has 1 aromatic heterocycles. The standard InChI is InChI=1S/C14H15NO2S/c1-9(2)11(16)8-15-14(17)13-7-10-5-3-4-6-12(10)18-13/h3-7,9H,8H2,1-2H3,(H,15,17). The summed E-state index contributed by atoms with van der Waals surface area (Å²) in [6, 6.07) is 9.70. The fourth-order valence-electron chi connectivity index (χ4n) is 1.55. The zero-order valence-electron chi connectivity index (χ0n) is 10.4. The topological polar surface area (TPSA) is 46.2 Å². The number of hydrogen-bond acceptors (Lipinski definition) is 3. The van der Waals surface area contributed by atoms with Gasteiger partial charge in [0.2, 0.25) is 0 Å². The summed E-state index contributed by atoms with van der Waals surface area (Å²) in [7, 11) is 0. The molecule has 3 nitrogen and oxygen atoms in total. The molecule has 0 aliphatic carbocycles. The number of amides is 1. The van der Waals surface area contributed by atoms with Crippen LogP contribution in [-0.2, 0) is 4.79 Å². The number of carbonyl (C=O) groups is 2. The van der Waals surface area contributed by atoms with Gasteiger partial charge in [0.25, 0.3) is 5.91 Å². The van der Waals surface area contributed by atoms with Gasteiger partial charge in [-0.2, -0.15) is 0 Å². The van der Waals surface area contributed by atoms with Crippen LogP contribution in [0.5, 0.6) is 0 Å². The Balaban J connectivity index is 2.07. The van der Waals surface area contributed by atoms with Crippen LogP contribution >= 0.6 is 11.3 Å². The van der Waals surface area contributed by atoms with Crippen molar-refractivity contribution in [2.45, 2.75) is 13.8 Å². The van der Waals surface area contributed by atoms with Crippen LogP contribution in [0.4, 0.5) is 0 Å². The predicted molar refractivity (Wildman–Crippen MR) is 74.0 cm³/mol. The molecule has 0 bridgehead atoms. The molecular weight excluding hydrogens is 246 g/mol. The third-order valence-corrected chi connectivity index (χ3v) is 3.83. The second-order valence-electron chi connectivity index (χ2n) is 4.45. The van der Waals surface area contributed by atoms with E-state index in [1.165, 1.54) is 11.3 Å². The molecule has 2 rings (SSSR count). The van der Waals surface area contributed by atoms with Gasteiger partial charge in [-0.15, -0.1) is 11.3 Å². The van der Waals surface area contributed by atoms with Crippen molar-refractivity contribution in [2.24, 2.45) is 5.92 Å². The highest BCUT2D eigenvalue weighted by molar-refractivity contribution is 7.20. The summed E-state index contributed by atoms with van der Waals surface area (Å²) < 4.78 is 1.08. The number of rotatable bonds is 4. The third-order valence-electron chi connectivity index (χ3n) is 2.72. The van der Waals surface area contributed by atoms with Gasteiger partial charge >= 0.3 is 0 Å². The molecule has 0 saturated carbocycles.